The lowest BCUT2D eigenvalue weighted by Crippen LogP contribution is -2.19. The van der Waals surface area contributed by atoms with Gasteiger partial charge in [-0.1, -0.05) is 12.8 Å². The van der Waals surface area contributed by atoms with Gasteiger partial charge in [0.05, 0.1) is 0 Å². The van der Waals surface area contributed by atoms with E-state index < -0.39 is 0 Å². The van der Waals surface area contributed by atoms with Crippen molar-refractivity contribution in [2.45, 2.75) is 25.7 Å². The van der Waals surface area contributed by atoms with Crippen LogP contribution in [0.3, 0.4) is 0 Å². The van der Waals surface area contributed by atoms with Gasteiger partial charge < -0.3 is 10.6 Å². The number of nitrogens with one attached hydrogen (secondary N) is 2. The molecule has 0 unspecified atom stereocenters. The molecular weight excluding hydrogens is 216 g/mol. The highest BCUT2D eigenvalue weighted by Crippen LogP contribution is 2.33. The van der Waals surface area contributed by atoms with Crippen LogP contribution in [0.1, 0.15) is 36.2 Å². The van der Waals surface area contributed by atoms with Crippen LogP contribution in [0, 0.1) is 5.92 Å². The Morgan fingerprint density at radius 2 is 2.24 bits per heavy atom. The minimum atomic E-state index is -0.210. The number of carbonyl (C=O) groups is 1. The van der Waals surface area contributed by atoms with E-state index in [0.717, 1.165) is 18.3 Å². The lowest BCUT2D eigenvalue weighted by atomic mass is 10.2. The highest BCUT2D eigenvalue weighted by molar-refractivity contribution is 5.91. The maximum Gasteiger partial charge on any atom is 0.271 e. The summed E-state index contributed by atoms with van der Waals surface area (Å²) in [6.45, 7) is 0.921. The van der Waals surface area contributed by atoms with Crippen molar-refractivity contribution in [2.24, 2.45) is 5.92 Å². The summed E-state index contributed by atoms with van der Waals surface area (Å²) < 4.78 is 0. The zero-order chi connectivity index (χ0) is 12.1. The van der Waals surface area contributed by atoms with Crippen LogP contribution < -0.4 is 10.6 Å². The molecule has 0 saturated heterocycles. The molecule has 1 aliphatic carbocycles. The molecule has 0 bridgehead atoms. The second-order valence-corrected chi connectivity index (χ2v) is 4.40. The first kappa shape index (κ1) is 11.8. The van der Waals surface area contributed by atoms with Gasteiger partial charge >= 0.3 is 0 Å². The number of anilines is 1. The quantitative estimate of drug-likeness (QED) is 0.731. The Kier molecular flexibility index (Phi) is 3.90. The van der Waals surface area contributed by atoms with E-state index in [0.29, 0.717) is 5.69 Å². The van der Waals surface area contributed by atoms with Crippen molar-refractivity contribution in [1.29, 1.82) is 0 Å². The first-order chi connectivity index (χ1) is 8.29. The highest BCUT2D eigenvalue weighted by atomic mass is 16.1. The molecule has 0 radical (unpaired) electrons. The zero-order valence-corrected chi connectivity index (χ0v) is 10.1. The molecule has 0 spiro atoms. The first-order valence-corrected chi connectivity index (χ1v) is 6.09. The molecule has 2 rings (SSSR count). The summed E-state index contributed by atoms with van der Waals surface area (Å²) in [4.78, 5) is 11.2. The fourth-order valence-electron chi connectivity index (χ4n) is 1.69. The molecule has 1 aromatic rings. The van der Waals surface area contributed by atoms with Gasteiger partial charge in [-0.25, -0.2) is 0 Å². The lowest BCUT2D eigenvalue weighted by molar-refractivity contribution is 0.0957. The first-order valence-electron chi connectivity index (χ1n) is 6.09. The van der Waals surface area contributed by atoms with Gasteiger partial charge in [0.25, 0.3) is 5.91 Å². The largest absolute Gasteiger partial charge is 0.369 e. The van der Waals surface area contributed by atoms with E-state index in [1.54, 1.807) is 19.2 Å². The Balaban J connectivity index is 1.74. The molecular formula is C12H18N4O. The third-order valence-corrected chi connectivity index (χ3v) is 2.92. The minimum Gasteiger partial charge on any atom is -0.369 e. The smallest absolute Gasteiger partial charge is 0.271 e. The highest BCUT2D eigenvalue weighted by Gasteiger charge is 2.19. The lowest BCUT2D eigenvalue weighted by Gasteiger charge is -2.04. The molecule has 17 heavy (non-hydrogen) atoms. The second kappa shape index (κ2) is 5.61. The standard InChI is InChI=1S/C12H18N4O/c1-13-12(17)10-6-7-11(16-15-10)14-8-2-3-9-4-5-9/h6-7,9H,2-5,8H2,1H3,(H,13,17)(H,14,16). The summed E-state index contributed by atoms with van der Waals surface area (Å²) in [6, 6.07) is 3.46. The molecule has 2 N–H and O–H groups in total. The predicted molar refractivity (Wildman–Crippen MR) is 65.9 cm³/mol. The molecule has 1 aliphatic rings. The number of nitrogens with zero attached hydrogens (tertiary/aromatic N) is 2. The van der Waals surface area contributed by atoms with Crippen LogP contribution in [0.25, 0.3) is 0 Å². The molecule has 1 fully saturated rings. The van der Waals surface area contributed by atoms with Crippen molar-refractivity contribution in [2.75, 3.05) is 18.9 Å². The van der Waals surface area contributed by atoms with E-state index in [-0.39, 0.29) is 5.91 Å². The van der Waals surface area contributed by atoms with E-state index >= 15 is 0 Å². The topological polar surface area (TPSA) is 66.9 Å². The Hall–Kier alpha value is -1.65. The SMILES string of the molecule is CNC(=O)c1ccc(NCCCC2CC2)nn1. The summed E-state index contributed by atoms with van der Waals surface area (Å²) in [5.74, 6) is 1.49. The maximum absolute atomic E-state index is 11.2. The molecule has 1 amide bonds. The summed E-state index contributed by atoms with van der Waals surface area (Å²) in [7, 11) is 1.58. The van der Waals surface area contributed by atoms with Crippen molar-refractivity contribution >= 4 is 11.7 Å². The molecule has 92 valence electrons. The van der Waals surface area contributed by atoms with E-state index in [4.69, 9.17) is 0 Å². The van der Waals surface area contributed by atoms with Gasteiger partial charge in [0.2, 0.25) is 0 Å². The molecule has 1 saturated carbocycles. The van der Waals surface area contributed by atoms with Crippen LogP contribution >= 0.6 is 0 Å². The summed E-state index contributed by atoms with van der Waals surface area (Å²) >= 11 is 0. The van der Waals surface area contributed by atoms with E-state index in [1.165, 1.54) is 25.7 Å². The van der Waals surface area contributed by atoms with Gasteiger partial charge in [-0.3, -0.25) is 4.79 Å². The number of rotatable bonds is 6. The Bertz CT molecular complexity index is 373. The molecule has 5 heteroatoms. The number of amides is 1. The third kappa shape index (κ3) is 3.69. The van der Waals surface area contributed by atoms with Gasteiger partial charge in [0.15, 0.2) is 5.69 Å². The van der Waals surface area contributed by atoms with Crippen molar-refractivity contribution in [3.05, 3.63) is 17.8 Å². The fraction of sp³-hybridized carbons (Fsp3) is 0.583. The van der Waals surface area contributed by atoms with Crippen molar-refractivity contribution in [1.82, 2.24) is 15.5 Å². The van der Waals surface area contributed by atoms with Crippen molar-refractivity contribution in [3.8, 4) is 0 Å². The normalized spacial score (nSPS) is 14.4. The Morgan fingerprint density at radius 3 is 2.82 bits per heavy atom. The monoisotopic (exact) mass is 234 g/mol. The van der Waals surface area contributed by atoms with Crippen molar-refractivity contribution in [3.63, 3.8) is 0 Å². The summed E-state index contributed by atoms with van der Waals surface area (Å²) in [5.41, 5.74) is 0.344. The molecule has 5 nitrogen and oxygen atoms in total. The van der Waals surface area contributed by atoms with Gasteiger partial charge in [-0.15, -0.1) is 10.2 Å². The molecule has 0 aromatic carbocycles. The Morgan fingerprint density at radius 1 is 1.41 bits per heavy atom. The van der Waals surface area contributed by atoms with Gasteiger partial charge in [0.1, 0.15) is 5.82 Å². The maximum atomic E-state index is 11.2. The molecule has 1 aromatic heterocycles. The number of hydrogen-bond acceptors (Lipinski definition) is 4. The number of aromatic nitrogens is 2. The third-order valence-electron chi connectivity index (χ3n) is 2.92. The predicted octanol–water partition coefficient (Wildman–Crippen LogP) is 1.44. The summed E-state index contributed by atoms with van der Waals surface area (Å²) in [5, 5.41) is 13.5. The van der Waals surface area contributed by atoms with Crippen molar-refractivity contribution < 1.29 is 4.79 Å². The fourth-order valence-corrected chi connectivity index (χ4v) is 1.69. The van der Waals surface area contributed by atoms with Crippen LogP contribution in [-0.4, -0.2) is 29.7 Å². The number of hydrogen-bond donors (Lipinski definition) is 2. The zero-order valence-electron chi connectivity index (χ0n) is 10.1. The molecule has 1 heterocycles. The Labute approximate surface area is 101 Å². The minimum absolute atomic E-state index is 0.210. The van der Waals surface area contributed by atoms with Crippen LogP contribution in [0.5, 0.6) is 0 Å². The average molecular weight is 234 g/mol. The van der Waals surface area contributed by atoms with Crippen LogP contribution in [-0.2, 0) is 0 Å². The molecule has 0 aliphatic heterocycles. The molecule has 0 atom stereocenters. The van der Waals surface area contributed by atoms with E-state index in [9.17, 15) is 4.79 Å². The second-order valence-electron chi connectivity index (χ2n) is 4.40. The van der Waals surface area contributed by atoms with E-state index in [2.05, 4.69) is 20.8 Å². The van der Waals surface area contributed by atoms with Gasteiger partial charge in [-0.2, -0.15) is 0 Å². The summed E-state index contributed by atoms with van der Waals surface area (Å²) in [6.07, 6.45) is 5.28. The van der Waals surface area contributed by atoms with Gasteiger partial charge in [-0.05, 0) is 30.9 Å². The van der Waals surface area contributed by atoms with Crippen LogP contribution in [0.4, 0.5) is 5.82 Å². The average Bonchev–Trinajstić information content (AvgIpc) is 3.18. The number of carbonyl (C=O) groups excluding carboxylic acids is 1. The van der Waals surface area contributed by atoms with E-state index in [1.807, 2.05) is 0 Å². The van der Waals surface area contributed by atoms with Gasteiger partial charge in [0, 0.05) is 13.6 Å². The van der Waals surface area contributed by atoms with Crippen LogP contribution in [0.15, 0.2) is 12.1 Å². The van der Waals surface area contributed by atoms with Crippen LogP contribution in [0.2, 0.25) is 0 Å².